The van der Waals surface area contributed by atoms with Gasteiger partial charge in [-0.25, -0.2) is 0 Å². The Morgan fingerprint density at radius 3 is 2.73 bits per heavy atom. The average Bonchev–Trinajstić information content (AvgIpc) is 3.04. The summed E-state index contributed by atoms with van der Waals surface area (Å²) < 4.78 is 17.3. The SMILES string of the molecule is CO[C@@H]1[C@H](O)CC[C@]2(CO2)[C@H]1[C@@](C)(N)OCC=C1CCCC1. The van der Waals surface area contributed by atoms with E-state index in [0.29, 0.717) is 19.6 Å². The fourth-order valence-corrected chi connectivity index (χ4v) is 4.25. The highest BCUT2D eigenvalue weighted by Gasteiger charge is 2.63. The van der Waals surface area contributed by atoms with Crippen LogP contribution in [0.15, 0.2) is 11.6 Å². The Morgan fingerprint density at radius 2 is 2.14 bits per heavy atom. The smallest absolute Gasteiger partial charge is 0.122 e. The molecule has 2 aliphatic carbocycles. The Kier molecular flexibility index (Phi) is 4.63. The molecule has 1 spiro atoms. The average molecular weight is 311 g/mol. The molecule has 5 nitrogen and oxygen atoms in total. The van der Waals surface area contributed by atoms with Crippen molar-refractivity contribution >= 4 is 0 Å². The van der Waals surface area contributed by atoms with Crippen molar-refractivity contribution in [1.82, 2.24) is 0 Å². The highest BCUT2D eigenvalue weighted by molar-refractivity contribution is 5.12. The molecule has 3 fully saturated rings. The zero-order valence-electron chi connectivity index (χ0n) is 13.7. The van der Waals surface area contributed by atoms with Gasteiger partial charge in [-0.05, 0) is 45.4 Å². The maximum Gasteiger partial charge on any atom is 0.122 e. The number of nitrogens with two attached hydrogens (primary N) is 1. The van der Waals surface area contributed by atoms with Crippen LogP contribution in [0.2, 0.25) is 0 Å². The third kappa shape index (κ3) is 3.10. The predicted molar refractivity (Wildman–Crippen MR) is 83.3 cm³/mol. The van der Waals surface area contributed by atoms with Gasteiger partial charge in [0.2, 0.25) is 0 Å². The summed E-state index contributed by atoms with van der Waals surface area (Å²) >= 11 is 0. The minimum absolute atomic E-state index is 0.157. The van der Waals surface area contributed by atoms with Crippen molar-refractivity contribution < 1.29 is 19.3 Å². The van der Waals surface area contributed by atoms with E-state index < -0.39 is 11.8 Å². The molecule has 0 radical (unpaired) electrons. The highest BCUT2D eigenvalue weighted by atomic mass is 16.6. The van der Waals surface area contributed by atoms with Crippen LogP contribution in [0.4, 0.5) is 0 Å². The van der Waals surface area contributed by atoms with Gasteiger partial charge in [0.25, 0.3) is 0 Å². The summed E-state index contributed by atoms with van der Waals surface area (Å²) in [6, 6.07) is 0. The van der Waals surface area contributed by atoms with Crippen molar-refractivity contribution in [3.8, 4) is 0 Å². The van der Waals surface area contributed by atoms with Gasteiger partial charge in [-0.1, -0.05) is 11.6 Å². The first kappa shape index (κ1) is 16.4. The molecule has 3 aliphatic rings. The van der Waals surface area contributed by atoms with Gasteiger partial charge in [-0.15, -0.1) is 0 Å². The summed E-state index contributed by atoms with van der Waals surface area (Å²) in [6.45, 7) is 3.08. The van der Waals surface area contributed by atoms with Crippen molar-refractivity contribution in [2.24, 2.45) is 11.7 Å². The number of hydrogen-bond donors (Lipinski definition) is 2. The van der Waals surface area contributed by atoms with E-state index in [1.165, 1.54) is 31.3 Å². The number of aliphatic hydroxyl groups is 1. The van der Waals surface area contributed by atoms with E-state index in [1.807, 2.05) is 6.92 Å². The predicted octanol–water partition coefficient (Wildman–Crippen LogP) is 1.73. The van der Waals surface area contributed by atoms with Crippen LogP contribution in [0, 0.1) is 5.92 Å². The van der Waals surface area contributed by atoms with E-state index in [1.54, 1.807) is 7.11 Å². The molecule has 0 bridgehead atoms. The molecule has 2 saturated carbocycles. The van der Waals surface area contributed by atoms with Gasteiger partial charge in [-0.2, -0.15) is 0 Å². The molecule has 0 aromatic carbocycles. The molecule has 0 unspecified atom stereocenters. The van der Waals surface area contributed by atoms with Crippen LogP contribution in [-0.4, -0.2) is 49.0 Å². The lowest BCUT2D eigenvalue weighted by atomic mass is 9.71. The molecule has 1 saturated heterocycles. The summed E-state index contributed by atoms with van der Waals surface area (Å²) in [5, 5.41) is 10.3. The number of allylic oxidation sites excluding steroid dienone is 1. The molecule has 1 heterocycles. The van der Waals surface area contributed by atoms with Crippen LogP contribution in [-0.2, 0) is 14.2 Å². The summed E-state index contributed by atoms with van der Waals surface area (Å²) in [7, 11) is 1.62. The molecular weight excluding hydrogens is 282 g/mol. The van der Waals surface area contributed by atoms with Crippen LogP contribution in [0.25, 0.3) is 0 Å². The molecular formula is C17H29NO4. The monoisotopic (exact) mass is 311 g/mol. The van der Waals surface area contributed by atoms with Crippen molar-refractivity contribution in [2.45, 2.75) is 69.0 Å². The minimum atomic E-state index is -0.881. The van der Waals surface area contributed by atoms with Gasteiger partial charge in [0, 0.05) is 7.11 Å². The normalized spacial score (nSPS) is 40.7. The van der Waals surface area contributed by atoms with Gasteiger partial charge in [0.15, 0.2) is 0 Å². The largest absolute Gasteiger partial charge is 0.390 e. The van der Waals surface area contributed by atoms with Crippen LogP contribution < -0.4 is 5.73 Å². The Labute approximate surface area is 132 Å². The van der Waals surface area contributed by atoms with Gasteiger partial charge >= 0.3 is 0 Å². The fraction of sp³-hybridized carbons (Fsp3) is 0.882. The molecule has 3 N–H and O–H groups in total. The number of epoxide rings is 1. The van der Waals surface area contributed by atoms with Gasteiger partial charge in [0.05, 0.1) is 31.3 Å². The molecule has 0 amide bonds. The van der Waals surface area contributed by atoms with Gasteiger partial charge in [-0.3, -0.25) is 0 Å². The maximum atomic E-state index is 10.3. The number of hydrogen-bond acceptors (Lipinski definition) is 5. The third-order valence-electron chi connectivity index (χ3n) is 5.55. The van der Waals surface area contributed by atoms with Crippen molar-refractivity contribution in [3.63, 3.8) is 0 Å². The van der Waals surface area contributed by atoms with Crippen molar-refractivity contribution in [3.05, 3.63) is 11.6 Å². The first-order valence-electron chi connectivity index (χ1n) is 8.44. The molecule has 5 atom stereocenters. The van der Waals surface area contributed by atoms with Crippen LogP contribution in [0.5, 0.6) is 0 Å². The second-order valence-electron chi connectivity index (χ2n) is 7.20. The Morgan fingerprint density at radius 1 is 1.45 bits per heavy atom. The van der Waals surface area contributed by atoms with E-state index in [0.717, 1.165) is 6.42 Å². The van der Waals surface area contributed by atoms with E-state index in [2.05, 4.69) is 6.08 Å². The van der Waals surface area contributed by atoms with Crippen LogP contribution >= 0.6 is 0 Å². The summed E-state index contributed by atoms with van der Waals surface area (Å²) in [5.74, 6) is -0.157. The van der Waals surface area contributed by atoms with Crippen LogP contribution in [0.3, 0.4) is 0 Å². The molecule has 1 aliphatic heterocycles. The molecule has 0 aromatic rings. The first-order chi connectivity index (χ1) is 10.5. The lowest BCUT2D eigenvalue weighted by Crippen LogP contribution is -2.62. The number of aliphatic hydroxyl groups excluding tert-OH is 1. The Bertz CT molecular complexity index is 422. The topological polar surface area (TPSA) is 77.2 Å². The Hall–Kier alpha value is -0.460. The molecule has 3 rings (SSSR count). The Balaban J connectivity index is 1.69. The lowest BCUT2D eigenvalue weighted by Gasteiger charge is -2.46. The second kappa shape index (κ2) is 6.21. The summed E-state index contributed by atoms with van der Waals surface area (Å²) in [5.41, 5.74) is 6.82. The number of rotatable bonds is 5. The van der Waals surface area contributed by atoms with Crippen molar-refractivity contribution in [2.75, 3.05) is 20.3 Å². The number of ether oxygens (including phenoxy) is 3. The second-order valence-corrected chi connectivity index (χ2v) is 7.20. The quantitative estimate of drug-likeness (QED) is 0.459. The minimum Gasteiger partial charge on any atom is -0.390 e. The summed E-state index contributed by atoms with van der Waals surface area (Å²) in [4.78, 5) is 0. The van der Waals surface area contributed by atoms with E-state index in [9.17, 15) is 5.11 Å². The third-order valence-corrected chi connectivity index (χ3v) is 5.55. The first-order valence-corrected chi connectivity index (χ1v) is 8.44. The van der Waals surface area contributed by atoms with E-state index in [-0.39, 0.29) is 17.6 Å². The van der Waals surface area contributed by atoms with E-state index in [4.69, 9.17) is 19.9 Å². The molecule has 126 valence electrons. The molecule has 0 aromatic heterocycles. The van der Waals surface area contributed by atoms with E-state index >= 15 is 0 Å². The van der Waals surface area contributed by atoms with Crippen molar-refractivity contribution in [1.29, 1.82) is 0 Å². The standard InChI is InChI=1S/C17H29NO4/c1-16(18,21-10-8-12-5-3-4-6-12)15-14(20-2)13(19)7-9-17(15)11-22-17/h8,13-15,19H,3-7,9-11,18H2,1-2H3/t13-,14-,15-,16+,17+/m1/s1. The fourth-order valence-electron chi connectivity index (χ4n) is 4.25. The lowest BCUT2D eigenvalue weighted by molar-refractivity contribution is -0.176. The van der Waals surface area contributed by atoms with Gasteiger partial charge < -0.3 is 25.1 Å². The highest BCUT2D eigenvalue weighted by Crippen LogP contribution is 2.51. The zero-order valence-corrected chi connectivity index (χ0v) is 13.7. The number of methoxy groups -OCH3 is 1. The summed E-state index contributed by atoms with van der Waals surface area (Å²) in [6.07, 6.45) is 7.74. The van der Waals surface area contributed by atoms with Crippen LogP contribution in [0.1, 0.15) is 45.4 Å². The van der Waals surface area contributed by atoms with Gasteiger partial charge in [0.1, 0.15) is 11.3 Å². The molecule has 22 heavy (non-hydrogen) atoms. The zero-order chi connectivity index (χ0) is 15.8. The molecule has 5 heteroatoms. The maximum absolute atomic E-state index is 10.3.